The number of hydrogen-bond donors (Lipinski definition) is 1. The number of aromatic nitrogens is 2. The molecule has 3 rings (SSSR count). The number of hydrogen-bond acceptors (Lipinski definition) is 8. The van der Waals surface area contributed by atoms with Gasteiger partial charge >= 0.3 is 0 Å². The standard InChI is InChI=1S/C22H31N5O7S/c1-6-15(4)24-35(31,32)19-13-17(27(29)30)7-8-18(19)34-22-16(5)20(23-26(22)14(2)3)21(28)25-9-11-33-12-10-25/h7-8,13-15,24H,6,9-12H2,1-5H3/t15-/m0/s1. The van der Waals surface area contributed by atoms with E-state index in [0.717, 1.165) is 6.07 Å². The minimum atomic E-state index is -4.15. The quantitative estimate of drug-likeness (QED) is 0.401. The lowest BCUT2D eigenvalue weighted by molar-refractivity contribution is -0.385. The Bertz CT molecular complexity index is 1200. The molecule has 1 fully saturated rings. The Morgan fingerprint density at radius 3 is 2.51 bits per heavy atom. The first-order chi connectivity index (χ1) is 16.5. The molecule has 1 atom stereocenters. The van der Waals surface area contributed by atoms with E-state index in [2.05, 4.69) is 9.82 Å². The molecular formula is C22H31N5O7S. The van der Waals surface area contributed by atoms with Crippen molar-refractivity contribution in [1.29, 1.82) is 0 Å². The topological polar surface area (TPSA) is 146 Å². The van der Waals surface area contributed by atoms with Crippen molar-refractivity contribution in [3.63, 3.8) is 0 Å². The van der Waals surface area contributed by atoms with Crippen LogP contribution in [-0.2, 0) is 14.8 Å². The molecule has 1 aliphatic heterocycles. The normalized spacial score (nSPS) is 15.3. The summed E-state index contributed by atoms with van der Waals surface area (Å²) in [5.74, 6) is -0.197. The predicted molar refractivity (Wildman–Crippen MR) is 127 cm³/mol. The van der Waals surface area contributed by atoms with Crippen LogP contribution in [0.2, 0.25) is 0 Å². The number of morpholine rings is 1. The lowest BCUT2D eigenvalue weighted by Gasteiger charge is -2.26. The number of sulfonamides is 1. The number of rotatable bonds is 9. The van der Waals surface area contributed by atoms with Crippen molar-refractivity contribution in [2.75, 3.05) is 26.3 Å². The molecule has 0 unspecified atom stereocenters. The number of non-ortho nitro benzene ring substituents is 1. The lowest BCUT2D eigenvalue weighted by atomic mass is 10.2. The van der Waals surface area contributed by atoms with Crippen LogP contribution in [0.1, 0.15) is 56.2 Å². The van der Waals surface area contributed by atoms with Crippen molar-refractivity contribution in [2.24, 2.45) is 0 Å². The monoisotopic (exact) mass is 509 g/mol. The van der Waals surface area contributed by atoms with E-state index in [9.17, 15) is 23.3 Å². The number of nitrogens with zero attached hydrogens (tertiary/aromatic N) is 4. The number of ether oxygens (including phenoxy) is 2. The minimum Gasteiger partial charge on any atom is -0.438 e. The van der Waals surface area contributed by atoms with Gasteiger partial charge in [-0.3, -0.25) is 14.9 Å². The number of nitro benzene ring substituents is 1. The van der Waals surface area contributed by atoms with E-state index in [1.54, 1.807) is 18.7 Å². The van der Waals surface area contributed by atoms with E-state index >= 15 is 0 Å². The summed E-state index contributed by atoms with van der Waals surface area (Å²) in [6.45, 7) is 10.6. The summed E-state index contributed by atoms with van der Waals surface area (Å²) in [7, 11) is -4.15. The highest BCUT2D eigenvalue weighted by Gasteiger charge is 2.30. The van der Waals surface area contributed by atoms with E-state index in [1.807, 2.05) is 20.8 Å². The summed E-state index contributed by atoms with van der Waals surface area (Å²) in [4.78, 5) is 25.1. The van der Waals surface area contributed by atoms with Gasteiger partial charge in [0.1, 0.15) is 10.6 Å². The molecule has 1 saturated heterocycles. The summed E-state index contributed by atoms with van der Waals surface area (Å²) in [6, 6.07) is 2.76. The van der Waals surface area contributed by atoms with Crippen molar-refractivity contribution in [1.82, 2.24) is 19.4 Å². The first-order valence-electron chi connectivity index (χ1n) is 11.4. The van der Waals surface area contributed by atoms with Crippen LogP contribution in [0.5, 0.6) is 11.6 Å². The number of carbonyl (C=O) groups is 1. The second-order valence-electron chi connectivity index (χ2n) is 8.64. The maximum Gasteiger partial charge on any atom is 0.274 e. The Morgan fingerprint density at radius 1 is 1.29 bits per heavy atom. The molecule has 2 heterocycles. The van der Waals surface area contributed by atoms with Crippen molar-refractivity contribution < 1.29 is 27.6 Å². The average Bonchev–Trinajstić information content (AvgIpc) is 3.15. The number of nitro groups is 1. The summed E-state index contributed by atoms with van der Waals surface area (Å²) in [5, 5.41) is 15.8. The van der Waals surface area contributed by atoms with E-state index in [-0.39, 0.29) is 39.9 Å². The third kappa shape index (κ3) is 5.80. The summed E-state index contributed by atoms with van der Waals surface area (Å²) >= 11 is 0. The maximum atomic E-state index is 13.1. The van der Waals surface area contributed by atoms with Crippen LogP contribution in [-0.4, -0.2) is 66.3 Å². The molecule has 2 aromatic rings. The van der Waals surface area contributed by atoms with Gasteiger partial charge in [0.05, 0.1) is 24.2 Å². The first-order valence-corrected chi connectivity index (χ1v) is 12.9. The summed E-state index contributed by atoms with van der Waals surface area (Å²) < 4.78 is 41.6. The fraction of sp³-hybridized carbons (Fsp3) is 0.545. The smallest absolute Gasteiger partial charge is 0.274 e. The van der Waals surface area contributed by atoms with Crippen molar-refractivity contribution in [2.45, 2.75) is 58.0 Å². The number of carbonyl (C=O) groups excluding carboxylic acids is 1. The fourth-order valence-corrected chi connectivity index (χ4v) is 4.99. The second kappa shape index (κ2) is 10.7. The van der Waals surface area contributed by atoms with Gasteiger partial charge < -0.3 is 14.4 Å². The summed E-state index contributed by atoms with van der Waals surface area (Å²) in [6.07, 6.45) is 0.524. The van der Waals surface area contributed by atoms with Crippen LogP contribution in [0, 0.1) is 17.0 Å². The SMILES string of the molecule is CC[C@H](C)NS(=O)(=O)c1cc([N+](=O)[O-])ccc1Oc1c(C)c(C(=O)N2CCOCC2)nn1C(C)C. The van der Waals surface area contributed by atoms with Gasteiger partial charge in [-0.05, 0) is 40.2 Å². The Kier molecular flexibility index (Phi) is 8.13. The Labute approximate surface area is 204 Å². The van der Waals surface area contributed by atoms with E-state index in [0.29, 0.717) is 38.3 Å². The van der Waals surface area contributed by atoms with Crippen LogP contribution < -0.4 is 9.46 Å². The van der Waals surface area contributed by atoms with Crippen LogP contribution in [0.25, 0.3) is 0 Å². The van der Waals surface area contributed by atoms with Gasteiger partial charge in [0.15, 0.2) is 5.69 Å². The molecule has 35 heavy (non-hydrogen) atoms. The molecule has 192 valence electrons. The van der Waals surface area contributed by atoms with E-state index in [1.165, 1.54) is 16.8 Å². The predicted octanol–water partition coefficient (Wildman–Crippen LogP) is 3.02. The largest absolute Gasteiger partial charge is 0.438 e. The zero-order valence-corrected chi connectivity index (χ0v) is 21.3. The van der Waals surface area contributed by atoms with Crippen LogP contribution >= 0.6 is 0 Å². The molecule has 1 N–H and O–H groups in total. The van der Waals surface area contributed by atoms with Crippen LogP contribution in [0.4, 0.5) is 5.69 Å². The van der Waals surface area contributed by atoms with Crippen LogP contribution in [0.15, 0.2) is 23.1 Å². The summed E-state index contributed by atoms with van der Waals surface area (Å²) in [5.41, 5.74) is 0.241. The molecule has 12 nitrogen and oxygen atoms in total. The Morgan fingerprint density at radius 2 is 1.94 bits per heavy atom. The fourth-order valence-electron chi connectivity index (χ4n) is 3.51. The molecule has 0 aliphatic carbocycles. The van der Waals surface area contributed by atoms with Gasteiger partial charge in [-0.1, -0.05) is 6.92 Å². The number of benzene rings is 1. The van der Waals surface area contributed by atoms with Gasteiger partial charge in [0, 0.05) is 36.8 Å². The molecule has 0 bridgehead atoms. The van der Waals surface area contributed by atoms with Crippen molar-refractivity contribution in [3.8, 4) is 11.6 Å². The zero-order chi connectivity index (χ0) is 25.9. The Hall–Kier alpha value is -3.03. The van der Waals surface area contributed by atoms with Crippen LogP contribution in [0.3, 0.4) is 0 Å². The molecule has 0 radical (unpaired) electrons. The minimum absolute atomic E-state index is 0.110. The highest BCUT2D eigenvalue weighted by molar-refractivity contribution is 7.89. The van der Waals surface area contributed by atoms with E-state index in [4.69, 9.17) is 9.47 Å². The molecule has 1 aromatic heterocycles. The zero-order valence-electron chi connectivity index (χ0n) is 20.5. The van der Waals surface area contributed by atoms with E-state index < -0.39 is 21.0 Å². The number of nitrogens with one attached hydrogen (secondary N) is 1. The molecule has 0 saturated carbocycles. The molecular weight excluding hydrogens is 478 g/mol. The van der Waals surface area contributed by atoms with Gasteiger partial charge in [0.25, 0.3) is 11.6 Å². The maximum absolute atomic E-state index is 13.1. The van der Waals surface area contributed by atoms with Gasteiger partial charge in [-0.25, -0.2) is 17.8 Å². The lowest BCUT2D eigenvalue weighted by Crippen LogP contribution is -2.41. The number of amides is 1. The first kappa shape index (κ1) is 26.6. The molecule has 13 heteroatoms. The van der Waals surface area contributed by atoms with Gasteiger partial charge in [0.2, 0.25) is 15.9 Å². The third-order valence-electron chi connectivity index (χ3n) is 5.68. The molecule has 0 spiro atoms. The van der Waals surface area contributed by atoms with Crippen molar-refractivity contribution >= 4 is 21.6 Å². The Balaban J connectivity index is 2.08. The third-order valence-corrected chi connectivity index (χ3v) is 7.30. The highest BCUT2D eigenvalue weighted by Crippen LogP contribution is 2.36. The molecule has 1 amide bonds. The molecule has 1 aliphatic rings. The van der Waals surface area contributed by atoms with Gasteiger partial charge in [-0.15, -0.1) is 0 Å². The highest BCUT2D eigenvalue weighted by atomic mass is 32.2. The van der Waals surface area contributed by atoms with Crippen molar-refractivity contribution in [3.05, 3.63) is 39.6 Å². The second-order valence-corrected chi connectivity index (χ2v) is 10.3. The van der Waals surface area contributed by atoms with Gasteiger partial charge in [-0.2, -0.15) is 5.10 Å². The average molecular weight is 510 g/mol. The molecule has 1 aromatic carbocycles.